The molecule has 0 saturated carbocycles. The van der Waals surface area contributed by atoms with Crippen LogP contribution in [0.3, 0.4) is 0 Å². The molecule has 1 saturated heterocycles. The topological polar surface area (TPSA) is 136 Å². The molecule has 3 aromatic carbocycles. The second-order valence-electron chi connectivity index (χ2n) is 12.7. The van der Waals surface area contributed by atoms with Gasteiger partial charge in [-0.3, -0.25) is 14.3 Å². The average Bonchev–Trinajstić information content (AvgIpc) is 3.67. The summed E-state index contributed by atoms with van der Waals surface area (Å²) in [6, 6.07) is 21.7. The molecule has 0 aliphatic carbocycles. The van der Waals surface area contributed by atoms with E-state index in [1.165, 1.54) is 0 Å². The van der Waals surface area contributed by atoms with E-state index in [1.54, 1.807) is 65.3 Å². The number of aromatic nitrogens is 3. The minimum absolute atomic E-state index is 0.0164. The Bertz CT molecular complexity index is 1720. The number of fused-ring (bicyclic) bond motifs is 2. The maximum atomic E-state index is 16.1. The quantitative estimate of drug-likeness (QED) is 0.125. The van der Waals surface area contributed by atoms with E-state index in [1.807, 2.05) is 43.3 Å². The van der Waals surface area contributed by atoms with E-state index in [9.17, 15) is 14.7 Å². The number of para-hydroxylation sites is 1. The average molecular weight is 643 g/mol. The monoisotopic (exact) mass is 642 g/mol. The van der Waals surface area contributed by atoms with Crippen molar-refractivity contribution in [3.63, 3.8) is 0 Å². The van der Waals surface area contributed by atoms with Crippen molar-refractivity contribution in [1.29, 1.82) is 0 Å². The molecular formula is C34H39FN6O4Si. The lowest BCUT2D eigenvalue weighted by molar-refractivity contribution is -0.146. The number of aliphatic hydroxyl groups is 1. The van der Waals surface area contributed by atoms with E-state index < -0.39 is 31.6 Å². The number of carbonyl (C=O) groups excluding carboxylic acids is 2. The van der Waals surface area contributed by atoms with Gasteiger partial charge in [0.25, 0.3) is 11.8 Å². The number of ether oxygens (including phenoxy) is 1. The third-order valence-corrected chi connectivity index (χ3v) is 11.6. The number of carbonyl (C=O) groups is 2. The maximum absolute atomic E-state index is 16.1. The number of rotatable bonds is 10. The second-order valence-corrected chi connectivity index (χ2v) is 16.5. The number of nitrogens with one attached hydrogen (secondary N) is 1. The molecule has 0 bridgehead atoms. The Labute approximate surface area is 268 Å². The molecule has 4 atom stereocenters. The Morgan fingerprint density at radius 1 is 1.11 bits per heavy atom. The van der Waals surface area contributed by atoms with Gasteiger partial charge >= 0.3 is 0 Å². The highest BCUT2D eigenvalue weighted by atomic mass is 28.4. The van der Waals surface area contributed by atoms with Crippen molar-refractivity contribution < 1.29 is 23.5 Å². The zero-order valence-electron chi connectivity index (χ0n) is 26.2. The maximum Gasteiger partial charge on any atom is 0.264 e. The first-order valence-electron chi connectivity index (χ1n) is 15.5. The van der Waals surface area contributed by atoms with Crippen LogP contribution in [0.15, 0.2) is 79.0 Å². The first-order chi connectivity index (χ1) is 22.0. The van der Waals surface area contributed by atoms with E-state index in [2.05, 4.69) is 15.6 Å². The van der Waals surface area contributed by atoms with Crippen LogP contribution in [-0.4, -0.2) is 53.0 Å². The zero-order valence-corrected chi connectivity index (χ0v) is 27.2. The van der Waals surface area contributed by atoms with Gasteiger partial charge in [-0.2, -0.15) is 0 Å². The number of aliphatic hydroxyl groups excluding tert-OH is 1. The predicted molar refractivity (Wildman–Crippen MR) is 176 cm³/mol. The summed E-state index contributed by atoms with van der Waals surface area (Å²) in [6.07, 6.45) is 2.17. The molecule has 0 radical (unpaired) electrons. The Balaban J connectivity index is 1.23. The van der Waals surface area contributed by atoms with Crippen LogP contribution in [0, 0.1) is 5.92 Å². The van der Waals surface area contributed by atoms with Gasteiger partial charge in [-0.25, -0.2) is 0 Å². The van der Waals surface area contributed by atoms with Gasteiger partial charge in [-0.15, -0.1) is 5.10 Å². The normalized spacial score (nSPS) is 22.4. The van der Waals surface area contributed by atoms with Gasteiger partial charge in [0, 0.05) is 59.7 Å². The molecule has 2 amide bonds. The van der Waals surface area contributed by atoms with E-state index in [4.69, 9.17) is 10.5 Å². The molecule has 4 N–H and O–H groups in total. The van der Waals surface area contributed by atoms with Crippen LogP contribution in [0.4, 0.5) is 21.2 Å². The summed E-state index contributed by atoms with van der Waals surface area (Å²) >= 11 is 0. The number of hydrogen-bond donors (Lipinski definition) is 3. The van der Waals surface area contributed by atoms with E-state index >= 15 is 4.11 Å². The SMILES string of the molecule is C[C@H]1[C@H]([Si](C)(C)F)[C@@H](CCn2cc(CCO)nn2)O[C@]12C(=O)N(Cc1ccc(NC(=O)c3ccc(N)cc3)cc1)c1ccccc12. The molecule has 3 heterocycles. The molecule has 240 valence electrons. The van der Waals surface area contributed by atoms with E-state index in [-0.39, 0.29) is 25.0 Å². The molecular weight excluding hydrogens is 603 g/mol. The summed E-state index contributed by atoms with van der Waals surface area (Å²) < 4.78 is 24.6. The van der Waals surface area contributed by atoms with Crippen molar-refractivity contribution in [2.45, 2.75) is 63.2 Å². The zero-order chi connectivity index (χ0) is 32.6. The molecule has 1 aromatic heterocycles. The van der Waals surface area contributed by atoms with Crippen molar-refractivity contribution in [2.75, 3.05) is 22.6 Å². The van der Waals surface area contributed by atoms with E-state index in [0.717, 1.165) is 16.8 Å². The minimum atomic E-state index is -3.30. The molecule has 6 rings (SSSR count). The van der Waals surface area contributed by atoms with Crippen LogP contribution in [0.2, 0.25) is 18.6 Å². The summed E-state index contributed by atoms with van der Waals surface area (Å²) in [4.78, 5) is 28.9. The highest BCUT2D eigenvalue weighted by molar-refractivity contribution is 6.72. The third kappa shape index (κ3) is 5.83. The minimum Gasteiger partial charge on any atom is -0.399 e. The Morgan fingerprint density at radius 2 is 1.83 bits per heavy atom. The molecule has 1 fully saturated rings. The third-order valence-electron chi connectivity index (χ3n) is 9.19. The number of nitrogens with two attached hydrogens (primary N) is 1. The first-order valence-corrected chi connectivity index (χ1v) is 18.5. The number of amides is 2. The Morgan fingerprint density at radius 3 is 2.52 bits per heavy atom. The number of hydrogen-bond acceptors (Lipinski definition) is 7. The molecule has 4 aromatic rings. The largest absolute Gasteiger partial charge is 0.399 e. The van der Waals surface area contributed by atoms with Crippen LogP contribution in [-0.2, 0) is 34.6 Å². The van der Waals surface area contributed by atoms with Crippen LogP contribution in [0.25, 0.3) is 0 Å². The smallest absolute Gasteiger partial charge is 0.264 e. The molecule has 46 heavy (non-hydrogen) atoms. The second kappa shape index (κ2) is 12.4. The summed E-state index contributed by atoms with van der Waals surface area (Å²) in [5, 5.41) is 20.4. The lowest BCUT2D eigenvalue weighted by atomic mass is 9.82. The fourth-order valence-electron chi connectivity index (χ4n) is 7.08. The number of nitrogens with zero attached hydrogens (tertiary/aromatic N) is 4. The summed E-state index contributed by atoms with van der Waals surface area (Å²) in [5.74, 6) is -0.836. The fraction of sp³-hybridized carbons (Fsp3) is 0.353. The van der Waals surface area contributed by atoms with Crippen molar-refractivity contribution in [3.05, 3.63) is 101 Å². The molecule has 10 nitrogen and oxygen atoms in total. The van der Waals surface area contributed by atoms with E-state index in [0.29, 0.717) is 42.0 Å². The van der Waals surface area contributed by atoms with Crippen molar-refractivity contribution in [3.8, 4) is 0 Å². The van der Waals surface area contributed by atoms with Gasteiger partial charge in [0.05, 0.1) is 24.0 Å². The lowest BCUT2D eigenvalue weighted by Crippen LogP contribution is -2.45. The van der Waals surface area contributed by atoms with Crippen LogP contribution >= 0.6 is 0 Å². The Kier molecular flexibility index (Phi) is 8.53. The van der Waals surface area contributed by atoms with Gasteiger partial charge in [-0.05, 0) is 67.5 Å². The molecule has 1 spiro atoms. The standard InChI is InChI=1S/C34H39FN6O4Si/c1-22-31(46(2,3)35)30(16-18-40-21-27(17-19-42)38-39-40)45-34(22)28-6-4-5-7-29(28)41(33(34)44)20-23-8-14-26(15-9-23)37-32(43)24-10-12-25(36)13-11-24/h4-15,21-22,30-31,42H,16-20,36H2,1-3H3,(H,37,43)/t22-,30+,31-,34+/m0/s1. The Hall–Kier alpha value is -4.39. The van der Waals surface area contributed by atoms with Gasteiger partial charge in [-0.1, -0.05) is 42.5 Å². The molecule has 12 heteroatoms. The summed E-state index contributed by atoms with van der Waals surface area (Å²) in [7, 11) is -3.30. The van der Waals surface area contributed by atoms with Crippen LogP contribution in [0.5, 0.6) is 0 Å². The molecule has 2 aliphatic rings. The van der Waals surface area contributed by atoms with Crippen molar-refractivity contribution >= 4 is 37.3 Å². The number of aryl methyl sites for hydroxylation is 1. The van der Waals surface area contributed by atoms with Crippen LogP contribution < -0.4 is 16.0 Å². The number of halogens is 1. The predicted octanol–water partition coefficient (Wildman–Crippen LogP) is 5.06. The van der Waals surface area contributed by atoms with Gasteiger partial charge < -0.3 is 29.9 Å². The van der Waals surface area contributed by atoms with Crippen molar-refractivity contribution in [2.24, 2.45) is 5.92 Å². The molecule has 0 unspecified atom stereocenters. The highest BCUT2D eigenvalue weighted by Gasteiger charge is 2.66. The van der Waals surface area contributed by atoms with Gasteiger partial charge in [0.15, 0.2) is 5.60 Å². The summed E-state index contributed by atoms with van der Waals surface area (Å²) in [5.41, 5.74) is 8.78. The highest BCUT2D eigenvalue weighted by Crippen LogP contribution is 2.60. The molecule has 2 aliphatic heterocycles. The first kappa shape index (κ1) is 31.6. The number of nitrogen functional groups attached to an aromatic ring is 1. The summed E-state index contributed by atoms with van der Waals surface area (Å²) in [6.45, 7) is 6.05. The van der Waals surface area contributed by atoms with Gasteiger partial charge in [0.1, 0.15) is 0 Å². The van der Waals surface area contributed by atoms with Gasteiger partial charge in [0.2, 0.25) is 8.41 Å². The number of benzene rings is 3. The lowest BCUT2D eigenvalue weighted by Gasteiger charge is -2.31. The number of anilines is 3. The fourth-order valence-corrected chi connectivity index (χ4v) is 9.62. The van der Waals surface area contributed by atoms with Crippen LogP contribution in [0.1, 0.15) is 40.5 Å². The van der Waals surface area contributed by atoms with Crippen molar-refractivity contribution in [1.82, 2.24) is 15.0 Å².